The summed E-state index contributed by atoms with van der Waals surface area (Å²) in [7, 11) is -3.82. The van der Waals surface area contributed by atoms with Gasteiger partial charge in [0.25, 0.3) is 0 Å². The Hall–Kier alpha value is -0.930. The molecule has 108 valence electrons. The number of terminal acetylenes is 1. The first-order chi connectivity index (χ1) is 9.36. The first kappa shape index (κ1) is 15.5. The molecule has 0 saturated heterocycles. The Morgan fingerprint density at radius 3 is 2.55 bits per heavy atom. The molecular weight excluding hydrogens is 319 g/mol. The van der Waals surface area contributed by atoms with Gasteiger partial charge in [-0.1, -0.05) is 29.1 Å². The van der Waals surface area contributed by atoms with Crippen molar-refractivity contribution in [2.45, 2.75) is 17.7 Å². The van der Waals surface area contributed by atoms with Gasteiger partial charge in [-0.15, -0.1) is 6.42 Å². The Bertz CT molecular complexity index is 640. The summed E-state index contributed by atoms with van der Waals surface area (Å²) in [5, 5.41) is 0.296. The number of anilines is 1. The molecule has 0 atom stereocenters. The first-order valence-electron chi connectivity index (χ1n) is 6.04. The summed E-state index contributed by atoms with van der Waals surface area (Å²) >= 11 is 11.8. The third-order valence-electron chi connectivity index (χ3n) is 3.06. The Kier molecular flexibility index (Phi) is 4.50. The molecule has 0 spiro atoms. The highest BCUT2D eigenvalue weighted by Gasteiger charge is 2.33. The summed E-state index contributed by atoms with van der Waals surface area (Å²) in [5.74, 6) is 2.73. The van der Waals surface area contributed by atoms with Crippen LogP contribution < -0.4 is 5.73 Å². The molecule has 1 aromatic rings. The quantitative estimate of drug-likeness (QED) is 0.665. The average molecular weight is 333 g/mol. The van der Waals surface area contributed by atoms with Gasteiger partial charge in [0.1, 0.15) is 4.90 Å². The van der Waals surface area contributed by atoms with E-state index in [0.717, 1.165) is 12.8 Å². The van der Waals surface area contributed by atoms with Gasteiger partial charge < -0.3 is 5.73 Å². The zero-order chi connectivity index (χ0) is 14.9. The Labute approximate surface area is 128 Å². The van der Waals surface area contributed by atoms with Crippen LogP contribution >= 0.6 is 23.2 Å². The fourth-order valence-corrected chi connectivity index (χ4v) is 4.29. The van der Waals surface area contributed by atoms with Crippen LogP contribution in [-0.4, -0.2) is 25.8 Å². The van der Waals surface area contributed by atoms with Crippen molar-refractivity contribution in [3.8, 4) is 12.3 Å². The lowest BCUT2D eigenvalue weighted by molar-refractivity contribution is 0.430. The number of nitrogen functional groups attached to an aromatic ring is 1. The lowest BCUT2D eigenvalue weighted by Crippen LogP contribution is -2.34. The summed E-state index contributed by atoms with van der Waals surface area (Å²) in [5.41, 5.74) is 5.79. The molecule has 1 aromatic carbocycles. The van der Waals surface area contributed by atoms with Gasteiger partial charge in [-0.05, 0) is 30.9 Å². The molecule has 1 aliphatic carbocycles. The van der Waals surface area contributed by atoms with Crippen molar-refractivity contribution in [2.75, 3.05) is 18.8 Å². The normalized spacial score (nSPS) is 15.3. The van der Waals surface area contributed by atoms with Gasteiger partial charge in [0.2, 0.25) is 10.0 Å². The van der Waals surface area contributed by atoms with Gasteiger partial charge in [0.05, 0.1) is 17.3 Å². The summed E-state index contributed by atoms with van der Waals surface area (Å²) in [4.78, 5) is -0.125. The molecule has 0 heterocycles. The molecule has 0 aliphatic heterocycles. The fraction of sp³-hybridized carbons (Fsp3) is 0.385. The third kappa shape index (κ3) is 3.21. The van der Waals surface area contributed by atoms with Crippen molar-refractivity contribution in [3.05, 3.63) is 22.2 Å². The van der Waals surface area contributed by atoms with E-state index in [9.17, 15) is 8.42 Å². The van der Waals surface area contributed by atoms with Crippen LogP contribution in [-0.2, 0) is 10.0 Å². The predicted molar refractivity (Wildman–Crippen MR) is 81.2 cm³/mol. The van der Waals surface area contributed by atoms with E-state index in [1.165, 1.54) is 16.4 Å². The van der Waals surface area contributed by atoms with Crippen LogP contribution in [0.3, 0.4) is 0 Å². The number of nitrogens with zero attached hydrogens (tertiary/aromatic N) is 1. The van der Waals surface area contributed by atoms with Gasteiger partial charge in [-0.2, -0.15) is 4.31 Å². The van der Waals surface area contributed by atoms with Crippen LogP contribution in [0.5, 0.6) is 0 Å². The summed E-state index contributed by atoms with van der Waals surface area (Å²) in [6, 6.07) is 2.73. The maximum absolute atomic E-state index is 12.7. The molecule has 0 aromatic heterocycles. The van der Waals surface area contributed by atoms with Gasteiger partial charge >= 0.3 is 0 Å². The van der Waals surface area contributed by atoms with E-state index in [4.69, 9.17) is 35.4 Å². The van der Waals surface area contributed by atoms with E-state index in [2.05, 4.69) is 5.92 Å². The standard InChI is InChI=1S/C13H14Cl2N2O2S/c1-2-5-17(8-9-3-4-9)20(18,19)13-11(15)6-10(14)7-12(13)16/h1,6-7,9H,3-5,8,16H2. The number of rotatable bonds is 5. The first-order valence-corrected chi connectivity index (χ1v) is 8.24. The Morgan fingerprint density at radius 2 is 2.05 bits per heavy atom. The fourth-order valence-electron chi connectivity index (χ4n) is 1.92. The Balaban J connectivity index is 2.44. The number of hydrogen-bond donors (Lipinski definition) is 1. The van der Waals surface area contributed by atoms with Crippen LogP contribution in [0.1, 0.15) is 12.8 Å². The minimum atomic E-state index is -3.82. The van der Waals surface area contributed by atoms with E-state index in [-0.39, 0.29) is 27.2 Å². The highest BCUT2D eigenvalue weighted by Crippen LogP contribution is 2.36. The van der Waals surface area contributed by atoms with Gasteiger partial charge in [-0.3, -0.25) is 0 Å². The molecule has 2 N–H and O–H groups in total. The molecule has 0 radical (unpaired) electrons. The number of hydrogen-bond acceptors (Lipinski definition) is 3. The van der Waals surface area contributed by atoms with Crippen molar-refractivity contribution >= 4 is 38.9 Å². The zero-order valence-corrected chi connectivity index (χ0v) is 13.0. The molecule has 1 saturated carbocycles. The number of halogens is 2. The molecule has 4 nitrogen and oxygen atoms in total. The van der Waals surface area contributed by atoms with Crippen molar-refractivity contribution in [2.24, 2.45) is 5.92 Å². The monoisotopic (exact) mass is 332 g/mol. The summed E-state index contributed by atoms with van der Waals surface area (Å²) in [6.07, 6.45) is 7.29. The zero-order valence-electron chi connectivity index (χ0n) is 10.6. The predicted octanol–water partition coefficient (Wildman–Crippen LogP) is 2.61. The average Bonchev–Trinajstić information content (AvgIpc) is 3.10. The molecule has 20 heavy (non-hydrogen) atoms. The van der Waals surface area contributed by atoms with Crippen molar-refractivity contribution in [3.63, 3.8) is 0 Å². The highest BCUT2D eigenvalue weighted by molar-refractivity contribution is 7.89. The minimum absolute atomic E-state index is 0.00275. The second-order valence-electron chi connectivity index (χ2n) is 4.75. The summed E-state index contributed by atoms with van der Waals surface area (Å²) < 4.78 is 26.6. The molecular formula is C13H14Cl2N2O2S. The lowest BCUT2D eigenvalue weighted by atomic mass is 10.3. The van der Waals surface area contributed by atoms with Crippen LogP contribution in [0.25, 0.3) is 0 Å². The van der Waals surface area contributed by atoms with Crippen molar-refractivity contribution < 1.29 is 8.42 Å². The van der Waals surface area contributed by atoms with E-state index in [1.807, 2.05) is 0 Å². The van der Waals surface area contributed by atoms with Crippen molar-refractivity contribution in [1.29, 1.82) is 0 Å². The maximum Gasteiger partial charge on any atom is 0.247 e. The molecule has 0 bridgehead atoms. The minimum Gasteiger partial charge on any atom is -0.398 e. The highest BCUT2D eigenvalue weighted by atomic mass is 35.5. The van der Waals surface area contributed by atoms with Crippen LogP contribution in [0, 0.1) is 18.3 Å². The molecule has 1 aliphatic rings. The van der Waals surface area contributed by atoms with Crippen LogP contribution in [0.4, 0.5) is 5.69 Å². The smallest absolute Gasteiger partial charge is 0.247 e. The third-order valence-corrected chi connectivity index (χ3v) is 5.62. The lowest BCUT2D eigenvalue weighted by Gasteiger charge is -2.21. The molecule has 0 amide bonds. The summed E-state index contributed by atoms with van der Waals surface area (Å²) in [6.45, 7) is 0.391. The largest absolute Gasteiger partial charge is 0.398 e. The second kappa shape index (κ2) is 5.82. The topological polar surface area (TPSA) is 63.4 Å². The van der Waals surface area contributed by atoms with Gasteiger partial charge in [-0.25, -0.2) is 8.42 Å². The number of nitrogens with two attached hydrogens (primary N) is 1. The molecule has 2 rings (SSSR count). The SMILES string of the molecule is C#CCN(CC1CC1)S(=O)(=O)c1c(N)cc(Cl)cc1Cl. The van der Waals surface area contributed by atoms with Gasteiger partial charge in [0.15, 0.2) is 0 Å². The van der Waals surface area contributed by atoms with E-state index < -0.39 is 10.0 Å². The molecule has 0 unspecified atom stereocenters. The van der Waals surface area contributed by atoms with E-state index >= 15 is 0 Å². The van der Waals surface area contributed by atoms with Gasteiger partial charge in [0, 0.05) is 11.6 Å². The van der Waals surface area contributed by atoms with Crippen LogP contribution in [0.2, 0.25) is 10.0 Å². The molecule has 1 fully saturated rings. The maximum atomic E-state index is 12.7. The number of sulfonamides is 1. The van der Waals surface area contributed by atoms with E-state index in [0.29, 0.717) is 12.5 Å². The number of benzene rings is 1. The second-order valence-corrected chi connectivity index (χ2v) is 7.47. The van der Waals surface area contributed by atoms with Crippen LogP contribution in [0.15, 0.2) is 17.0 Å². The Morgan fingerprint density at radius 1 is 1.40 bits per heavy atom. The van der Waals surface area contributed by atoms with E-state index in [1.54, 1.807) is 0 Å². The van der Waals surface area contributed by atoms with Crippen molar-refractivity contribution in [1.82, 2.24) is 4.31 Å². The molecule has 7 heteroatoms.